The lowest BCUT2D eigenvalue weighted by molar-refractivity contribution is -0.384. The monoisotopic (exact) mass is 392 g/mol. The van der Waals surface area contributed by atoms with E-state index in [2.05, 4.69) is 15.5 Å². The number of nitro benzene ring substituents is 1. The van der Waals surface area contributed by atoms with Crippen LogP contribution in [0, 0.1) is 10.1 Å². The summed E-state index contributed by atoms with van der Waals surface area (Å²) >= 11 is 4.23. The number of anilines is 1. The molecule has 0 fully saturated rings. The van der Waals surface area contributed by atoms with Crippen molar-refractivity contribution in [2.75, 3.05) is 5.32 Å². The topological polar surface area (TPSA) is 98.0 Å². The van der Waals surface area contributed by atoms with Gasteiger partial charge in [-0.1, -0.05) is 41.3 Å². The lowest BCUT2D eigenvalue weighted by atomic mass is 10.2. The standard InChI is InChI=1S/C15H12N4O3S3/c20-13(8-12-5-2-6-23-12)16-14-17-18-15(25-14)24-9-10-3-1-4-11(7-10)19(21)22/h1-7H,8-9H2,(H,16,17,20). The molecule has 0 radical (unpaired) electrons. The Kier molecular flexibility index (Phi) is 5.74. The van der Waals surface area contributed by atoms with E-state index in [9.17, 15) is 14.9 Å². The van der Waals surface area contributed by atoms with Gasteiger partial charge in [0.05, 0.1) is 11.3 Å². The second kappa shape index (κ2) is 8.19. The van der Waals surface area contributed by atoms with E-state index in [1.54, 1.807) is 6.07 Å². The fourth-order valence-corrected chi connectivity index (χ4v) is 4.37. The molecule has 0 spiro atoms. The van der Waals surface area contributed by atoms with Crippen molar-refractivity contribution in [1.29, 1.82) is 0 Å². The van der Waals surface area contributed by atoms with Crippen LogP contribution in [0.25, 0.3) is 0 Å². The molecule has 0 saturated heterocycles. The van der Waals surface area contributed by atoms with E-state index in [1.807, 2.05) is 23.6 Å². The van der Waals surface area contributed by atoms with Crippen LogP contribution >= 0.6 is 34.4 Å². The van der Waals surface area contributed by atoms with Gasteiger partial charge in [0.2, 0.25) is 11.0 Å². The molecule has 1 amide bonds. The quantitative estimate of drug-likeness (QED) is 0.283. The van der Waals surface area contributed by atoms with E-state index in [-0.39, 0.29) is 11.6 Å². The molecule has 2 heterocycles. The molecule has 25 heavy (non-hydrogen) atoms. The lowest BCUT2D eigenvalue weighted by Crippen LogP contribution is -2.13. The highest BCUT2D eigenvalue weighted by molar-refractivity contribution is 8.00. The smallest absolute Gasteiger partial charge is 0.269 e. The van der Waals surface area contributed by atoms with Gasteiger partial charge in [0.25, 0.3) is 5.69 Å². The number of rotatable bonds is 7. The van der Waals surface area contributed by atoms with Crippen LogP contribution in [0.5, 0.6) is 0 Å². The molecule has 1 aromatic carbocycles. The van der Waals surface area contributed by atoms with E-state index in [1.165, 1.54) is 46.6 Å². The summed E-state index contributed by atoms with van der Waals surface area (Å²) in [5.74, 6) is 0.410. The van der Waals surface area contributed by atoms with E-state index in [4.69, 9.17) is 0 Å². The minimum Gasteiger partial charge on any atom is -0.300 e. The summed E-state index contributed by atoms with van der Waals surface area (Å²) in [6, 6.07) is 10.3. The van der Waals surface area contributed by atoms with Gasteiger partial charge in [-0.25, -0.2) is 0 Å². The van der Waals surface area contributed by atoms with E-state index >= 15 is 0 Å². The highest BCUT2D eigenvalue weighted by atomic mass is 32.2. The molecular weight excluding hydrogens is 380 g/mol. The number of nitro groups is 1. The summed E-state index contributed by atoms with van der Waals surface area (Å²) in [5.41, 5.74) is 0.898. The molecule has 0 saturated carbocycles. The number of nitrogens with one attached hydrogen (secondary N) is 1. The first-order valence-corrected chi connectivity index (χ1v) is 9.80. The van der Waals surface area contributed by atoms with Crippen molar-refractivity contribution >= 4 is 51.2 Å². The van der Waals surface area contributed by atoms with Crippen molar-refractivity contribution in [3.8, 4) is 0 Å². The third-order valence-corrected chi connectivity index (χ3v) is 5.97. The van der Waals surface area contributed by atoms with Gasteiger partial charge in [0.1, 0.15) is 0 Å². The minimum atomic E-state index is -0.416. The van der Waals surface area contributed by atoms with Gasteiger partial charge < -0.3 is 5.32 Å². The van der Waals surface area contributed by atoms with Crippen LogP contribution in [-0.4, -0.2) is 21.0 Å². The Balaban J connectivity index is 1.54. The molecular formula is C15H12N4O3S3. The molecule has 0 bridgehead atoms. The van der Waals surface area contributed by atoms with Crippen LogP contribution in [0.3, 0.4) is 0 Å². The number of thioether (sulfide) groups is 1. The molecule has 128 valence electrons. The summed E-state index contributed by atoms with van der Waals surface area (Å²) in [7, 11) is 0. The van der Waals surface area contributed by atoms with Crippen molar-refractivity contribution in [3.63, 3.8) is 0 Å². The number of thiophene rings is 1. The summed E-state index contributed by atoms with van der Waals surface area (Å²) in [4.78, 5) is 23.3. The Morgan fingerprint density at radius 1 is 1.28 bits per heavy atom. The molecule has 0 unspecified atom stereocenters. The van der Waals surface area contributed by atoms with Crippen LogP contribution in [0.2, 0.25) is 0 Å². The lowest BCUT2D eigenvalue weighted by Gasteiger charge is -1.99. The summed E-state index contributed by atoms with van der Waals surface area (Å²) in [6.45, 7) is 0. The Hall–Kier alpha value is -2.30. The fourth-order valence-electron chi connectivity index (χ4n) is 1.96. The molecule has 10 heteroatoms. The zero-order chi connectivity index (χ0) is 17.6. The zero-order valence-corrected chi connectivity index (χ0v) is 15.2. The van der Waals surface area contributed by atoms with Gasteiger partial charge in [-0.05, 0) is 17.0 Å². The van der Waals surface area contributed by atoms with Crippen LogP contribution in [0.15, 0.2) is 46.1 Å². The van der Waals surface area contributed by atoms with Gasteiger partial charge in [0, 0.05) is 22.8 Å². The van der Waals surface area contributed by atoms with E-state index < -0.39 is 4.92 Å². The average molecular weight is 392 g/mol. The second-order valence-corrected chi connectivity index (χ2v) is 8.13. The molecule has 3 aromatic rings. The third kappa shape index (κ3) is 5.08. The molecule has 7 nitrogen and oxygen atoms in total. The van der Waals surface area contributed by atoms with Gasteiger partial charge in [-0.2, -0.15) is 0 Å². The predicted octanol–water partition coefficient (Wildman–Crippen LogP) is 3.98. The maximum Gasteiger partial charge on any atom is 0.269 e. The van der Waals surface area contributed by atoms with Crippen molar-refractivity contribution in [1.82, 2.24) is 10.2 Å². The molecule has 0 aliphatic heterocycles. The summed E-state index contributed by atoms with van der Waals surface area (Å²) in [6.07, 6.45) is 0.313. The van der Waals surface area contributed by atoms with Crippen molar-refractivity contribution in [2.24, 2.45) is 0 Å². The summed E-state index contributed by atoms with van der Waals surface area (Å²) in [5, 5.41) is 23.9. The predicted molar refractivity (Wildman–Crippen MR) is 99.2 cm³/mol. The van der Waals surface area contributed by atoms with E-state index in [0.29, 0.717) is 21.6 Å². The number of hydrogen-bond donors (Lipinski definition) is 1. The Morgan fingerprint density at radius 2 is 2.16 bits per heavy atom. The highest BCUT2D eigenvalue weighted by Crippen LogP contribution is 2.29. The third-order valence-electron chi connectivity index (χ3n) is 3.05. The van der Waals surface area contributed by atoms with Crippen LogP contribution in [0.1, 0.15) is 10.4 Å². The number of aromatic nitrogens is 2. The largest absolute Gasteiger partial charge is 0.300 e. The molecule has 0 atom stereocenters. The minimum absolute atomic E-state index is 0.0666. The highest BCUT2D eigenvalue weighted by Gasteiger charge is 2.11. The van der Waals surface area contributed by atoms with Crippen LogP contribution < -0.4 is 5.32 Å². The first kappa shape index (κ1) is 17.5. The van der Waals surface area contributed by atoms with Gasteiger partial charge in [0.15, 0.2) is 4.34 Å². The van der Waals surface area contributed by atoms with Gasteiger partial charge >= 0.3 is 0 Å². The number of nitrogens with zero attached hydrogens (tertiary/aromatic N) is 3. The first-order valence-electron chi connectivity index (χ1n) is 7.12. The van der Waals surface area contributed by atoms with Gasteiger partial charge in [-0.15, -0.1) is 21.5 Å². The first-order chi connectivity index (χ1) is 12.1. The molecule has 0 aliphatic carbocycles. The number of hydrogen-bond acceptors (Lipinski definition) is 8. The number of amides is 1. The maximum absolute atomic E-state index is 11.9. The van der Waals surface area contributed by atoms with Crippen molar-refractivity contribution < 1.29 is 9.72 Å². The maximum atomic E-state index is 11.9. The molecule has 3 rings (SSSR count). The molecule has 1 N–H and O–H groups in total. The SMILES string of the molecule is O=C(Cc1cccs1)Nc1nnc(SCc2cccc([N+](=O)[O-])c2)s1. The normalized spacial score (nSPS) is 10.6. The van der Waals surface area contributed by atoms with Crippen molar-refractivity contribution in [2.45, 2.75) is 16.5 Å². The molecule has 2 aromatic heterocycles. The van der Waals surface area contributed by atoms with E-state index in [0.717, 1.165) is 10.4 Å². The van der Waals surface area contributed by atoms with Crippen molar-refractivity contribution in [3.05, 3.63) is 62.3 Å². The average Bonchev–Trinajstić information content (AvgIpc) is 3.25. The number of non-ortho nitro benzene ring substituents is 1. The number of carbonyl (C=O) groups excluding carboxylic acids is 1. The van der Waals surface area contributed by atoms with Gasteiger partial charge in [-0.3, -0.25) is 14.9 Å². The number of carbonyl (C=O) groups is 1. The Labute approximate surface area is 155 Å². The van der Waals surface area contributed by atoms with Crippen LogP contribution in [-0.2, 0) is 17.0 Å². The zero-order valence-electron chi connectivity index (χ0n) is 12.7. The fraction of sp³-hybridized carbons (Fsp3) is 0.133. The Morgan fingerprint density at radius 3 is 2.92 bits per heavy atom. The summed E-state index contributed by atoms with van der Waals surface area (Å²) < 4.78 is 0.693. The second-order valence-electron chi connectivity index (χ2n) is 4.89. The Bertz CT molecular complexity index is 880. The van der Waals surface area contributed by atoms with Crippen LogP contribution in [0.4, 0.5) is 10.8 Å². The molecule has 0 aliphatic rings. The number of benzene rings is 1.